The molecule has 2 aliphatic heterocycles. The summed E-state index contributed by atoms with van der Waals surface area (Å²) in [6.45, 7) is 4.09. The normalized spacial score (nSPS) is 21.4. The molecule has 4 rings (SSSR count). The highest BCUT2D eigenvalue weighted by molar-refractivity contribution is 7.09. The van der Waals surface area contributed by atoms with Crippen molar-refractivity contribution in [1.29, 1.82) is 0 Å². The second-order valence-corrected chi connectivity index (χ2v) is 9.78. The first-order valence-corrected chi connectivity index (χ1v) is 12.4. The SMILES string of the molecule is COCCN1C(=O)C[C@@](CC(=O)N2CCN(Cc3cccs3)CC2)(c2cccc(OC)c2)C1=O. The lowest BCUT2D eigenvalue weighted by atomic mass is 9.75. The van der Waals surface area contributed by atoms with E-state index >= 15 is 0 Å². The van der Waals surface area contributed by atoms with Gasteiger partial charge in [0.2, 0.25) is 17.7 Å². The van der Waals surface area contributed by atoms with Crippen LogP contribution in [0.15, 0.2) is 41.8 Å². The van der Waals surface area contributed by atoms with Crippen LogP contribution in [0, 0.1) is 0 Å². The molecule has 0 N–H and O–H groups in total. The van der Waals surface area contributed by atoms with Gasteiger partial charge in [-0.1, -0.05) is 18.2 Å². The van der Waals surface area contributed by atoms with Gasteiger partial charge in [0.1, 0.15) is 5.75 Å². The van der Waals surface area contributed by atoms with Crippen LogP contribution in [0.1, 0.15) is 23.3 Å². The summed E-state index contributed by atoms with van der Waals surface area (Å²) >= 11 is 1.74. The van der Waals surface area contributed by atoms with Crippen LogP contribution in [-0.2, 0) is 31.1 Å². The highest BCUT2D eigenvalue weighted by atomic mass is 32.1. The first kappa shape index (κ1) is 24.4. The Balaban J connectivity index is 1.51. The van der Waals surface area contributed by atoms with Crippen molar-refractivity contribution in [2.45, 2.75) is 24.8 Å². The summed E-state index contributed by atoms with van der Waals surface area (Å²) < 4.78 is 10.4. The average molecular weight is 486 g/mol. The molecule has 8 nitrogen and oxygen atoms in total. The standard InChI is InChI=1S/C25H31N3O5S/c1-32-13-12-28-23(30)17-25(24(28)31,19-5-3-6-20(15-19)33-2)16-22(29)27-10-8-26(9-11-27)18-21-7-4-14-34-21/h3-7,14-15H,8-13,16-18H2,1-2H3/t25-/m0/s1. The first-order valence-electron chi connectivity index (χ1n) is 11.5. The molecule has 34 heavy (non-hydrogen) atoms. The third-order valence-corrected chi connectivity index (χ3v) is 7.55. The van der Waals surface area contributed by atoms with Crippen molar-refractivity contribution in [3.63, 3.8) is 0 Å². The maximum atomic E-state index is 13.6. The number of piperazine rings is 1. The van der Waals surface area contributed by atoms with Crippen LogP contribution >= 0.6 is 11.3 Å². The number of thiophene rings is 1. The molecule has 1 aromatic carbocycles. The Morgan fingerprint density at radius 1 is 1.09 bits per heavy atom. The van der Waals surface area contributed by atoms with E-state index in [2.05, 4.69) is 16.3 Å². The molecular formula is C25H31N3O5S. The van der Waals surface area contributed by atoms with Crippen LogP contribution in [0.4, 0.5) is 0 Å². The van der Waals surface area contributed by atoms with Crippen LogP contribution in [0.2, 0.25) is 0 Å². The van der Waals surface area contributed by atoms with Gasteiger partial charge in [-0.15, -0.1) is 11.3 Å². The number of carbonyl (C=O) groups excluding carboxylic acids is 3. The number of amides is 3. The summed E-state index contributed by atoms with van der Waals surface area (Å²) in [5.74, 6) is -0.138. The minimum Gasteiger partial charge on any atom is -0.497 e. The van der Waals surface area contributed by atoms with E-state index in [9.17, 15) is 14.4 Å². The molecule has 2 aliphatic rings. The summed E-state index contributed by atoms with van der Waals surface area (Å²) in [7, 11) is 3.08. The minimum absolute atomic E-state index is 0.0349. The molecule has 182 valence electrons. The monoisotopic (exact) mass is 485 g/mol. The molecule has 1 atom stereocenters. The number of rotatable bonds is 9. The van der Waals surface area contributed by atoms with Gasteiger partial charge in [-0.25, -0.2) is 0 Å². The zero-order valence-electron chi connectivity index (χ0n) is 19.7. The summed E-state index contributed by atoms with van der Waals surface area (Å²) in [6.07, 6.45) is -0.0774. The maximum Gasteiger partial charge on any atom is 0.240 e. The van der Waals surface area contributed by atoms with Crippen molar-refractivity contribution in [3.8, 4) is 5.75 Å². The van der Waals surface area contributed by atoms with Gasteiger partial charge in [-0.3, -0.25) is 24.2 Å². The molecule has 1 aromatic heterocycles. The molecule has 2 saturated heterocycles. The third-order valence-electron chi connectivity index (χ3n) is 6.69. The molecule has 0 saturated carbocycles. The van der Waals surface area contributed by atoms with E-state index in [4.69, 9.17) is 9.47 Å². The van der Waals surface area contributed by atoms with E-state index in [-0.39, 0.29) is 43.7 Å². The highest BCUT2D eigenvalue weighted by Gasteiger charge is 2.54. The van der Waals surface area contributed by atoms with Gasteiger partial charge in [0, 0.05) is 57.6 Å². The zero-order valence-corrected chi connectivity index (χ0v) is 20.5. The topological polar surface area (TPSA) is 79.4 Å². The van der Waals surface area contributed by atoms with Gasteiger partial charge in [-0.2, -0.15) is 0 Å². The predicted octanol–water partition coefficient (Wildman–Crippen LogP) is 2.13. The fourth-order valence-corrected chi connectivity index (χ4v) is 5.49. The van der Waals surface area contributed by atoms with Crippen molar-refractivity contribution in [1.82, 2.24) is 14.7 Å². The number of hydrogen-bond acceptors (Lipinski definition) is 7. The molecule has 0 spiro atoms. The molecule has 0 aliphatic carbocycles. The number of carbonyl (C=O) groups is 3. The van der Waals surface area contributed by atoms with Crippen molar-refractivity contribution in [3.05, 3.63) is 52.2 Å². The molecular weight excluding hydrogens is 454 g/mol. The van der Waals surface area contributed by atoms with E-state index in [1.165, 1.54) is 16.9 Å². The fourth-order valence-electron chi connectivity index (χ4n) is 4.74. The largest absolute Gasteiger partial charge is 0.497 e. The Bertz CT molecular complexity index is 1020. The lowest BCUT2D eigenvalue weighted by Crippen LogP contribution is -2.50. The van der Waals surface area contributed by atoms with E-state index in [0.29, 0.717) is 24.4 Å². The first-order chi connectivity index (χ1) is 16.5. The molecule has 2 fully saturated rings. The van der Waals surface area contributed by atoms with Crippen molar-refractivity contribution in [2.24, 2.45) is 0 Å². The quantitative estimate of drug-likeness (QED) is 0.507. The van der Waals surface area contributed by atoms with Crippen LogP contribution < -0.4 is 4.74 Å². The number of likely N-dealkylation sites (tertiary alicyclic amines) is 1. The number of benzene rings is 1. The van der Waals surface area contributed by atoms with Crippen molar-refractivity contribution < 1.29 is 23.9 Å². The van der Waals surface area contributed by atoms with Gasteiger partial charge in [0.05, 0.1) is 25.7 Å². The number of ether oxygens (including phenoxy) is 2. The predicted molar refractivity (Wildman–Crippen MR) is 129 cm³/mol. The number of hydrogen-bond donors (Lipinski definition) is 0. The Labute approximate surface area is 204 Å². The Morgan fingerprint density at radius 2 is 1.88 bits per heavy atom. The molecule has 3 amide bonds. The average Bonchev–Trinajstić information content (AvgIpc) is 3.44. The summed E-state index contributed by atoms with van der Waals surface area (Å²) in [4.78, 5) is 46.7. The molecule has 2 aromatic rings. The molecule has 0 bridgehead atoms. The minimum atomic E-state index is -1.23. The maximum absolute atomic E-state index is 13.6. The summed E-state index contributed by atoms with van der Waals surface area (Å²) in [5.41, 5.74) is -0.598. The number of methoxy groups -OCH3 is 2. The van der Waals surface area contributed by atoms with E-state index in [0.717, 1.165) is 19.6 Å². The van der Waals surface area contributed by atoms with Crippen LogP contribution in [0.25, 0.3) is 0 Å². The summed E-state index contributed by atoms with van der Waals surface area (Å²) in [6, 6.07) is 11.3. The smallest absolute Gasteiger partial charge is 0.240 e. The molecule has 0 unspecified atom stereocenters. The summed E-state index contributed by atoms with van der Waals surface area (Å²) in [5, 5.41) is 2.07. The fraction of sp³-hybridized carbons (Fsp3) is 0.480. The van der Waals surface area contributed by atoms with Crippen LogP contribution in [0.5, 0.6) is 5.75 Å². The van der Waals surface area contributed by atoms with E-state index in [1.54, 1.807) is 42.7 Å². The molecule has 3 heterocycles. The van der Waals surface area contributed by atoms with Gasteiger partial charge in [0.15, 0.2) is 0 Å². The van der Waals surface area contributed by atoms with Gasteiger partial charge < -0.3 is 14.4 Å². The zero-order chi connectivity index (χ0) is 24.1. The highest BCUT2D eigenvalue weighted by Crippen LogP contribution is 2.41. The molecule has 9 heteroatoms. The van der Waals surface area contributed by atoms with Gasteiger partial charge >= 0.3 is 0 Å². The second kappa shape index (κ2) is 10.7. The third kappa shape index (κ3) is 5.01. The number of imide groups is 1. The molecule has 0 radical (unpaired) electrons. The van der Waals surface area contributed by atoms with Gasteiger partial charge in [-0.05, 0) is 29.1 Å². The van der Waals surface area contributed by atoms with E-state index < -0.39 is 5.41 Å². The Kier molecular flexibility index (Phi) is 7.65. The van der Waals surface area contributed by atoms with Crippen molar-refractivity contribution in [2.75, 3.05) is 53.6 Å². The Morgan fingerprint density at radius 3 is 2.56 bits per heavy atom. The van der Waals surface area contributed by atoms with Crippen molar-refractivity contribution >= 4 is 29.1 Å². The second-order valence-electron chi connectivity index (χ2n) is 8.75. The lowest BCUT2D eigenvalue weighted by molar-refractivity contribution is -0.143. The van der Waals surface area contributed by atoms with E-state index in [1.807, 2.05) is 11.0 Å². The van der Waals surface area contributed by atoms with Crippen LogP contribution in [-0.4, -0.2) is 86.0 Å². The van der Waals surface area contributed by atoms with Crippen LogP contribution in [0.3, 0.4) is 0 Å². The Hall–Kier alpha value is -2.75. The van der Waals surface area contributed by atoms with Gasteiger partial charge in [0.25, 0.3) is 0 Å². The lowest BCUT2D eigenvalue weighted by Gasteiger charge is -2.36. The number of nitrogens with zero attached hydrogens (tertiary/aromatic N) is 3.